The molecular weight excluding hydrogens is 214 g/mol. The number of hydrogen-bond acceptors (Lipinski definition) is 3. The summed E-state index contributed by atoms with van der Waals surface area (Å²) in [6.45, 7) is 6.19. The summed E-state index contributed by atoms with van der Waals surface area (Å²) >= 11 is 0. The first-order chi connectivity index (χ1) is 8.18. The molecule has 1 aliphatic heterocycles. The summed E-state index contributed by atoms with van der Waals surface area (Å²) < 4.78 is 0. The second kappa shape index (κ2) is 5.19. The van der Waals surface area contributed by atoms with Crippen LogP contribution in [0.4, 0.5) is 5.69 Å². The number of anilines is 1. The highest BCUT2D eigenvalue weighted by Crippen LogP contribution is 2.21. The van der Waals surface area contributed by atoms with E-state index in [9.17, 15) is 4.79 Å². The average molecular weight is 233 g/mol. The Hall–Kier alpha value is -1.55. The summed E-state index contributed by atoms with van der Waals surface area (Å²) in [5.74, 6) is -0.364. The van der Waals surface area contributed by atoms with E-state index in [4.69, 9.17) is 5.73 Å². The Kier molecular flexibility index (Phi) is 3.64. The molecule has 1 saturated heterocycles. The van der Waals surface area contributed by atoms with Crippen LogP contribution in [-0.2, 0) is 0 Å². The van der Waals surface area contributed by atoms with Crippen molar-refractivity contribution in [3.05, 3.63) is 29.3 Å². The Balaban J connectivity index is 2.22. The van der Waals surface area contributed by atoms with E-state index >= 15 is 0 Å². The van der Waals surface area contributed by atoms with Gasteiger partial charge in [-0.15, -0.1) is 0 Å². The van der Waals surface area contributed by atoms with Crippen molar-refractivity contribution in [1.29, 1.82) is 0 Å². The fraction of sp³-hybridized carbons (Fsp3) is 0.462. The quantitative estimate of drug-likeness (QED) is 0.797. The molecule has 0 bridgehead atoms. The van der Waals surface area contributed by atoms with Crippen LogP contribution in [0, 0.1) is 6.92 Å². The smallest absolute Gasteiger partial charge is 0.248 e. The van der Waals surface area contributed by atoms with Crippen molar-refractivity contribution in [3.63, 3.8) is 0 Å². The van der Waals surface area contributed by atoms with Crippen LogP contribution in [0.25, 0.3) is 0 Å². The molecule has 92 valence electrons. The zero-order valence-corrected chi connectivity index (χ0v) is 10.2. The average Bonchev–Trinajstić information content (AvgIpc) is 2.57. The lowest BCUT2D eigenvalue weighted by atomic mass is 10.1. The number of carbonyl (C=O) groups is 1. The minimum absolute atomic E-state index is 0.364. The molecule has 1 heterocycles. The van der Waals surface area contributed by atoms with Gasteiger partial charge in [0.25, 0.3) is 0 Å². The summed E-state index contributed by atoms with van der Waals surface area (Å²) in [7, 11) is 0. The van der Waals surface area contributed by atoms with Crippen LogP contribution in [-0.4, -0.2) is 32.1 Å². The Morgan fingerprint density at radius 1 is 1.35 bits per heavy atom. The molecule has 0 radical (unpaired) electrons. The first kappa shape index (κ1) is 11.9. The maximum Gasteiger partial charge on any atom is 0.248 e. The minimum Gasteiger partial charge on any atom is -0.370 e. The number of nitrogens with zero attached hydrogens (tertiary/aromatic N) is 1. The van der Waals surface area contributed by atoms with Gasteiger partial charge in [-0.1, -0.05) is 0 Å². The monoisotopic (exact) mass is 233 g/mol. The molecule has 17 heavy (non-hydrogen) atoms. The molecule has 0 unspecified atom stereocenters. The van der Waals surface area contributed by atoms with Gasteiger partial charge in [-0.3, -0.25) is 4.79 Å². The van der Waals surface area contributed by atoms with Gasteiger partial charge in [0.1, 0.15) is 0 Å². The molecule has 1 aromatic carbocycles. The minimum atomic E-state index is -0.364. The number of carbonyl (C=O) groups excluding carboxylic acids is 1. The largest absolute Gasteiger partial charge is 0.370 e. The van der Waals surface area contributed by atoms with Gasteiger partial charge in [-0.05, 0) is 43.7 Å². The van der Waals surface area contributed by atoms with Crippen molar-refractivity contribution in [2.45, 2.75) is 13.3 Å². The molecule has 0 spiro atoms. The Morgan fingerprint density at radius 3 is 2.88 bits per heavy atom. The Morgan fingerprint density at radius 2 is 2.18 bits per heavy atom. The van der Waals surface area contributed by atoms with Crippen LogP contribution >= 0.6 is 0 Å². The van der Waals surface area contributed by atoms with Gasteiger partial charge in [-0.2, -0.15) is 0 Å². The molecule has 1 aromatic rings. The first-order valence-electron chi connectivity index (χ1n) is 6.04. The summed E-state index contributed by atoms with van der Waals surface area (Å²) in [5, 5.41) is 3.38. The van der Waals surface area contributed by atoms with Gasteiger partial charge in [0.15, 0.2) is 0 Å². The maximum absolute atomic E-state index is 11.1. The number of hydrogen-bond donors (Lipinski definition) is 2. The van der Waals surface area contributed by atoms with Gasteiger partial charge in [0, 0.05) is 30.9 Å². The van der Waals surface area contributed by atoms with E-state index in [0.29, 0.717) is 5.56 Å². The van der Waals surface area contributed by atoms with Crippen LogP contribution in [0.5, 0.6) is 0 Å². The number of nitrogens with two attached hydrogens (primary N) is 1. The van der Waals surface area contributed by atoms with Gasteiger partial charge in [0.2, 0.25) is 5.91 Å². The predicted molar refractivity (Wildman–Crippen MR) is 69.4 cm³/mol. The molecule has 4 nitrogen and oxygen atoms in total. The number of rotatable bonds is 2. The third-order valence-corrected chi connectivity index (χ3v) is 3.16. The van der Waals surface area contributed by atoms with Crippen molar-refractivity contribution >= 4 is 11.6 Å². The third kappa shape index (κ3) is 2.77. The number of benzene rings is 1. The fourth-order valence-corrected chi connectivity index (χ4v) is 2.25. The Bertz CT molecular complexity index is 409. The lowest BCUT2D eigenvalue weighted by molar-refractivity contribution is 0.1000. The van der Waals surface area contributed by atoms with Gasteiger partial charge in [-0.25, -0.2) is 0 Å². The van der Waals surface area contributed by atoms with Crippen LogP contribution in [0.3, 0.4) is 0 Å². The second-order valence-electron chi connectivity index (χ2n) is 4.46. The van der Waals surface area contributed by atoms with E-state index in [-0.39, 0.29) is 5.91 Å². The summed E-state index contributed by atoms with van der Waals surface area (Å²) in [6.07, 6.45) is 1.15. The zero-order chi connectivity index (χ0) is 12.3. The van der Waals surface area contributed by atoms with E-state index in [1.54, 1.807) is 0 Å². The molecular formula is C13H19N3O. The maximum atomic E-state index is 11.1. The van der Waals surface area contributed by atoms with E-state index < -0.39 is 0 Å². The normalized spacial score (nSPS) is 16.6. The second-order valence-corrected chi connectivity index (χ2v) is 4.46. The molecule has 0 aliphatic carbocycles. The number of aryl methyl sites for hydroxylation is 1. The molecule has 0 saturated carbocycles. The molecule has 3 N–H and O–H groups in total. The molecule has 1 fully saturated rings. The standard InChI is InChI=1S/C13H19N3O/c1-10-9-11(13(14)17)3-4-12(10)16-7-2-5-15-6-8-16/h3-4,9,15H,2,5-8H2,1H3,(H2,14,17). The van der Waals surface area contributed by atoms with Crippen LogP contribution < -0.4 is 16.0 Å². The van der Waals surface area contributed by atoms with E-state index in [2.05, 4.69) is 10.2 Å². The first-order valence-corrected chi connectivity index (χ1v) is 6.04. The molecule has 0 atom stereocenters. The number of nitrogens with one attached hydrogen (secondary N) is 1. The van der Waals surface area contributed by atoms with Crippen molar-refractivity contribution in [3.8, 4) is 0 Å². The van der Waals surface area contributed by atoms with Crippen LogP contribution in [0.15, 0.2) is 18.2 Å². The third-order valence-electron chi connectivity index (χ3n) is 3.16. The van der Waals surface area contributed by atoms with E-state index in [1.807, 2.05) is 25.1 Å². The van der Waals surface area contributed by atoms with Crippen molar-refractivity contribution in [2.75, 3.05) is 31.1 Å². The summed E-state index contributed by atoms with van der Waals surface area (Å²) in [6, 6.07) is 5.68. The highest BCUT2D eigenvalue weighted by Gasteiger charge is 2.12. The molecule has 1 amide bonds. The number of amides is 1. The zero-order valence-electron chi connectivity index (χ0n) is 10.2. The highest BCUT2D eigenvalue weighted by molar-refractivity contribution is 5.93. The summed E-state index contributed by atoms with van der Waals surface area (Å²) in [5.41, 5.74) is 8.18. The highest BCUT2D eigenvalue weighted by atomic mass is 16.1. The van der Waals surface area contributed by atoms with Crippen molar-refractivity contribution in [2.24, 2.45) is 5.73 Å². The summed E-state index contributed by atoms with van der Waals surface area (Å²) in [4.78, 5) is 13.5. The van der Waals surface area contributed by atoms with Crippen molar-refractivity contribution in [1.82, 2.24) is 5.32 Å². The topological polar surface area (TPSA) is 58.4 Å². The lowest BCUT2D eigenvalue weighted by Gasteiger charge is -2.24. The SMILES string of the molecule is Cc1cc(C(N)=O)ccc1N1CCCNCC1. The van der Waals surface area contributed by atoms with Crippen LogP contribution in [0.2, 0.25) is 0 Å². The van der Waals surface area contributed by atoms with Gasteiger partial charge < -0.3 is 16.0 Å². The van der Waals surface area contributed by atoms with E-state index in [0.717, 1.165) is 38.2 Å². The fourth-order valence-electron chi connectivity index (χ4n) is 2.25. The van der Waals surface area contributed by atoms with Gasteiger partial charge >= 0.3 is 0 Å². The molecule has 4 heteroatoms. The molecule has 0 aromatic heterocycles. The number of primary amides is 1. The van der Waals surface area contributed by atoms with Gasteiger partial charge in [0.05, 0.1) is 0 Å². The lowest BCUT2D eigenvalue weighted by Crippen LogP contribution is -2.28. The molecule has 2 rings (SSSR count). The Labute approximate surface area is 102 Å². The van der Waals surface area contributed by atoms with Crippen molar-refractivity contribution < 1.29 is 4.79 Å². The molecule has 1 aliphatic rings. The van der Waals surface area contributed by atoms with Crippen LogP contribution in [0.1, 0.15) is 22.3 Å². The van der Waals surface area contributed by atoms with E-state index in [1.165, 1.54) is 5.69 Å². The predicted octanol–water partition coefficient (Wildman–Crippen LogP) is 0.894.